The molecule has 5 nitrogen and oxygen atoms in total. The second-order valence-corrected chi connectivity index (χ2v) is 6.73. The molecule has 3 aromatic carbocycles. The van der Waals surface area contributed by atoms with Crippen LogP contribution < -0.4 is 10.1 Å². The molecule has 146 valence electrons. The monoisotopic (exact) mass is 390 g/mol. The summed E-state index contributed by atoms with van der Waals surface area (Å²) < 4.78 is 19.5. The van der Waals surface area contributed by atoms with Crippen LogP contribution in [0.5, 0.6) is 5.75 Å². The summed E-state index contributed by atoms with van der Waals surface area (Å²) >= 11 is 0. The first kappa shape index (κ1) is 18.7. The lowest BCUT2D eigenvalue weighted by molar-refractivity contribution is -0.117. The van der Waals surface area contributed by atoms with Gasteiger partial charge in [0.25, 0.3) is 5.91 Å². The molecule has 0 saturated carbocycles. The number of anilines is 1. The Hall–Kier alpha value is -3.67. The average Bonchev–Trinajstić information content (AvgIpc) is 2.89. The molecule has 6 heteroatoms. The molecular formula is C23H19FN2O3. The number of carbonyl (C=O) groups excluding carboxylic acids is 2. The van der Waals surface area contributed by atoms with E-state index in [2.05, 4.69) is 5.32 Å². The van der Waals surface area contributed by atoms with Crippen LogP contribution in [0.4, 0.5) is 10.1 Å². The van der Waals surface area contributed by atoms with E-state index in [0.29, 0.717) is 22.6 Å². The van der Waals surface area contributed by atoms with E-state index in [0.717, 1.165) is 5.56 Å². The molecule has 1 atom stereocenters. The SMILES string of the molecule is COc1ccccc1C(=O)N1CC(=O)Nc2ccc(F)cc2[C@H]1c1ccccc1. The third-order valence-electron chi connectivity index (χ3n) is 4.92. The molecule has 3 aromatic rings. The first-order chi connectivity index (χ1) is 14.1. The maximum atomic E-state index is 14.1. The molecule has 0 spiro atoms. The predicted octanol–water partition coefficient (Wildman–Crippen LogP) is 4.02. The van der Waals surface area contributed by atoms with Gasteiger partial charge in [-0.1, -0.05) is 42.5 Å². The number of carbonyl (C=O) groups is 2. The summed E-state index contributed by atoms with van der Waals surface area (Å²) in [4.78, 5) is 27.6. The first-order valence-corrected chi connectivity index (χ1v) is 9.16. The summed E-state index contributed by atoms with van der Waals surface area (Å²) in [6, 6.07) is 19.7. The van der Waals surface area contributed by atoms with Gasteiger partial charge in [0.15, 0.2) is 0 Å². The van der Waals surface area contributed by atoms with Gasteiger partial charge in [-0.2, -0.15) is 0 Å². The van der Waals surface area contributed by atoms with Gasteiger partial charge in [0.1, 0.15) is 18.1 Å². The molecule has 1 aliphatic heterocycles. The van der Waals surface area contributed by atoms with Crippen molar-refractivity contribution in [2.24, 2.45) is 0 Å². The third kappa shape index (κ3) is 3.57. The number of ether oxygens (including phenoxy) is 1. The van der Waals surface area contributed by atoms with Crippen LogP contribution in [-0.4, -0.2) is 30.4 Å². The fourth-order valence-corrected chi connectivity index (χ4v) is 3.64. The molecular weight excluding hydrogens is 371 g/mol. The Bertz CT molecular complexity index is 1070. The molecule has 2 amide bonds. The maximum absolute atomic E-state index is 14.1. The Morgan fingerprint density at radius 3 is 2.55 bits per heavy atom. The zero-order valence-corrected chi connectivity index (χ0v) is 15.8. The molecule has 1 heterocycles. The predicted molar refractivity (Wildman–Crippen MR) is 107 cm³/mol. The fraction of sp³-hybridized carbons (Fsp3) is 0.130. The van der Waals surface area contributed by atoms with Gasteiger partial charge in [-0.25, -0.2) is 4.39 Å². The molecule has 29 heavy (non-hydrogen) atoms. The van der Waals surface area contributed by atoms with Gasteiger partial charge in [0.2, 0.25) is 5.91 Å². The Labute approximate surface area is 167 Å². The number of fused-ring (bicyclic) bond motifs is 1. The lowest BCUT2D eigenvalue weighted by Crippen LogP contribution is -2.39. The van der Waals surface area contributed by atoms with E-state index in [1.54, 1.807) is 24.3 Å². The van der Waals surface area contributed by atoms with Crippen LogP contribution in [0.25, 0.3) is 0 Å². The Balaban J connectivity index is 1.90. The van der Waals surface area contributed by atoms with Gasteiger partial charge in [-0.15, -0.1) is 0 Å². The van der Waals surface area contributed by atoms with Crippen molar-refractivity contribution in [1.29, 1.82) is 0 Å². The second kappa shape index (κ2) is 7.75. The van der Waals surface area contributed by atoms with Gasteiger partial charge in [-0.05, 0) is 35.9 Å². The van der Waals surface area contributed by atoms with E-state index in [4.69, 9.17) is 4.74 Å². The second-order valence-electron chi connectivity index (χ2n) is 6.73. The van der Waals surface area contributed by atoms with Crippen molar-refractivity contribution in [3.8, 4) is 5.75 Å². The Morgan fingerprint density at radius 1 is 1.07 bits per heavy atom. The van der Waals surface area contributed by atoms with Crippen LogP contribution in [0.1, 0.15) is 27.5 Å². The normalized spacial score (nSPS) is 15.9. The van der Waals surface area contributed by atoms with E-state index < -0.39 is 11.9 Å². The summed E-state index contributed by atoms with van der Waals surface area (Å²) in [5, 5.41) is 2.78. The van der Waals surface area contributed by atoms with Crippen LogP contribution in [-0.2, 0) is 4.79 Å². The summed E-state index contributed by atoms with van der Waals surface area (Å²) in [5.74, 6) is -0.748. The molecule has 0 fully saturated rings. The largest absolute Gasteiger partial charge is 0.496 e. The van der Waals surface area contributed by atoms with Crippen molar-refractivity contribution in [3.05, 3.63) is 95.3 Å². The number of amides is 2. The van der Waals surface area contributed by atoms with Crippen molar-refractivity contribution < 1.29 is 18.7 Å². The van der Waals surface area contributed by atoms with Crippen LogP contribution in [0.3, 0.4) is 0 Å². The van der Waals surface area contributed by atoms with Gasteiger partial charge < -0.3 is 15.0 Å². The highest BCUT2D eigenvalue weighted by molar-refractivity contribution is 6.02. The van der Waals surface area contributed by atoms with Crippen LogP contribution in [0.2, 0.25) is 0 Å². The molecule has 1 N–H and O–H groups in total. The molecule has 0 unspecified atom stereocenters. The molecule has 0 aliphatic carbocycles. The molecule has 0 aromatic heterocycles. The van der Waals surface area contributed by atoms with E-state index in [1.165, 1.54) is 30.2 Å². The highest BCUT2D eigenvalue weighted by Crippen LogP contribution is 2.37. The summed E-state index contributed by atoms with van der Waals surface area (Å²) in [6.45, 7) is -0.174. The van der Waals surface area contributed by atoms with E-state index in [-0.39, 0.29) is 18.4 Å². The number of rotatable bonds is 3. The van der Waals surface area contributed by atoms with Crippen molar-refractivity contribution in [2.75, 3.05) is 19.0 Å². The van der Waals surface area contributed by atoms with Crippen LogP contribution in [0.15, 0.2) is 72.8 Å². The standard InChI is InChI=1S/C23H19FN2O3/c1-29-20-10-6-5-9-17(20)23(28)26-14-21(27)25-19-12-11-16(24)13-18(19)22(26)15-7-3-2-4-8-15/h2-13,22H,14H2,1H3,(H,25,27)/t22-/m1/s1. The number of para-hydroxylation sites is 1. The summed E-state index contributed by atoms with van der Waals surface area (Å²) in [7, 11) is 1.49. The van der Waals surface area contributed by atoms with Crippen molar-refractivity contribution in [3.63, 3.8) is 0 Å². The summed E-state index contributed by atoms with van der Waals surface area (Å²) in [6.07, 6.45) is 0. The van der Waals surface area contributed by atoms with Gasteiger partial charge in [0.05, 0.1) is 18.7 Å². The number of nitrogens with zero attached hydrogens (tertiary/aromatic N) is 1. The van der Waals surface area contributed by atoms with E-state index in [1.807, 2.05) is 30.3 Å². The minimum absolute atomic E-state index is 0.174. The highest BCUT2D eigenvalue weighted by atomic mass is 19.1. The Morgan fingerprint density at radius 2 is 1.79 bits per heavy atom. The van der Waals surface area contributed by atoms with Crippen molar-refractivity contribution >= 4 is 17.5 Å². The molecule has 1 aliphatic rings. The average molecular weight is 390 g/mol. The van der Waals surface area contributed by atoms with Gasteiger partial charge >= 0.3 is 0 Å². The topological polar surface area (TPSA) is 58.6 Å². The third-order valence-corrected chi connectivity index (χ3v) is 4.92. The van der Waals surface area contributed by atoms with Crippen LogP contribution in [0, 0.1) is 5.82 Å². The highest BCUT2D eigenvalue weighted by Gasteiger charge is 2.35. The van der Waals surface area contributed by atoms with E-state index in [9.17, 15) is 14.0 Å². The lowest BCUT2D eigenvalue weighted by Gasteiger charge is -2.31. The number of hydrogen-bond donors (Lipinski definition) is 1. The van der Waals surface area contributed by atoms with Gasteiger partial charge in [-0.3, -0.25) is 9.59 Å². The fourth-order valence-electron chi connectivity index (χ4n) is 3.64. The molecule has 4 rings (SSSR count). The number of benzene rings is 3. The summed E-state index contributed by atoms with van der Waals surface area (Å²) in [5.41, 5.74) is 2.12. The zero-order valence-electron chi connectivity index (χ0n) is 15.8. The number of hydrogen-bond acceptors (Lipinski definition) is 3. The number of halogens is 1. The molecule has 0 radical (unpaired) electrons. The van der Waals surface area contributed by atoms with Crippen LogP contribution >= 0.6 is 0 Å². The smallest absolute Gasteiger partial charge is 0.258 e. The van der Waals surface area contributed by atoms with Crippen molar-refractivity contribution in [2.45, 2.75) is 6.04 Å². The number of methoxy groups -OCH3 is 1. The first-order valence-electron chi connectivity index (χ1n) is 9.16. The van der Waals surface area contributed by atoms with E-state index >= 15 is 0 Å². The minimum atomic E-state index is -0.640. The quantitative estimate of drug-likeness (QED) is 0.735. The maximum Gasteiger partial charge on any atom is 0.258 e. The minimum Gasteiger partial charge on any atom is -0.496 e. The molecule has 0 saturated heterocycles. The van der Waals surface area contributed by atoms with Crippen molar-refractivity contribution in [1.82, 2.24) is 4.90 Å². The lowest BCUT2D eigenvalue weighted by atomic mass is 9.95. The number of nitrogens with one attached hydrogen (secondary N) is 1. The molecule has 0 bridgehead atoms. The van der Waals surface area contributed by atoms with Gasteiger partial charge in [0, 0.05) is 11.3 Å². The Kier molecular flexibility index (Phi) is 4.99. The zero-order chi connectivity index (χ0) is 20.4.